The van der Waals surface area contributed by atoms with Crippen molar-refractivity contribution < 1.29 is 27.7 Å². The molecule has 0 aromatic heterocycles. The second-order valence-corrected chi connectivity index (χ2v) is 12.4. The van der Waals surface area contributed by atoms with Gasteiger partial charge in [0.05, 0.1) is 19.8 Å². The van der Waals surface area contributed by atoms with Crippen LogP contribution in [0, 0.1) is 11.6 Å². The fourth-order valence-corrected chi connectivity index (χ4v) is 7.69. The molecule has 0 fully saturated rings. The molecule has 1 unspecified atom stereocenters. The molecule has 0 N–H and O–H groups in total. The van der Waals surface area contributed by atoms with E-state index < -0.39 is 11.0 Å². The van der Waals surface area contributed by atoms with Crippen molar-refractivity contribution in [2.75, 3.05) is 33.0 Å². The fourth-order valence-electron chi connectivity index (χ4n) is 7.69. The normalized spacial score (nSPS) is 17.1. The second-order valence-electron chi connectivity index (χ2n) is 12.4. The van der Waals surface area contributed by atoms with Crippen molar-refractivity contribution in [3.8, 4) is 22.6 Å². The van der Waals surface area contributed by atoms with Gasteiger partial charge in [0.1, 0.15) is 29.7 Å². The van der Waals surface area contributed by atoms with Crippen molar-refractivity contribution in [1.29, 1.82) is 0 Å². The molecular formula is C42H40F2O4. The van der Waals surface area contributed by atoms with E-state index in [9.17, 15) is 4.39 Å². The minimum Gasteiger partial charge on any atom is -0.491 e. The lowest BCUT2D eigenvalue weighted by Crippen LogP contribution is -2.35. The Balaban J connectivity index is 1.34. The maximum atomic E-state index is 15.1. The Morgan fingerprint density at radius 2 is 1.38 bits per heavy atom. The lowest BCUT2D eigenvalue weighted by atomic mass is 9.71. The number of hydrogen-bond donors (Lipinski definition) is 0. The lowest BCUT2D eigenvalue weighted by Gasteiger charge is -2.39. The molecule has 0 saturated carbocycles. The minimum absolute atomic E-state index is 0.256. The smallest absolute Gasteiger partial charge is 0.178 e. The number of fused-ring (bicyclic) bond motifs is 8. The summed E-state index contributed by atoms with van der Waals surface area (Å²) in [6.07, 6.45) is 5.81. The largest absolute Gasteiger partial charge is 0.491 e. The van der Waals surface area contributed by atoms with Crippen molar-refractivity contribution in [2.24, 2.45) is 0 Å². The van der Waals surface area contributed by atoms with Crippen LogP contribution in [0.1, 0.15) is 61.4 Å². The number of benzene rings is 5. The van der Waals surface area contributed by atoms with Crippen molar-refractivity contribution >= 4 is 16.8 Å². The molecule has 2 aliphatic rings. The number of rotatable bonds is 12. The third kappa shape index (κ3) is 5.28. The summed E-state index contributed by atoms with van der Waals surface area (Å²) in [5.74, 6) is 0.750. The summed E-state index contributed by atoms with van der Waals surface area (Å²) in [5, 5.41) is 1.59. The summed E-state index contributed by atoms with van der Waals surface area (Å²) in [6, 6.07) is 28.0. The van der Waals surface area contributed by atoms with Gasteiger partial charge in [-0.1, -0.05) is 74.5 Å². The predicted molar refractivity (Wildman–Crippen MR) is 187 cm³/mol. The SMILES string of the molecule is CCOCCOCCOc1ccc(C2(c3ccccc3)C=Cc3c4c(c5ccc(F)cc5c3O2)-c2ccc(F)cc2C4(CC)CC)cc1. The summed E-state index contributed by atoms with van der Waals surface area (Å²) in [6.45, 7) is 8.93. The molecule has 4 nitrogen and oxygen atoms in total. The van der Waals surface area contributed by atoms with Crippen LogP contribution in [-0.2, 0) is 20.5 Å². The van der Waals surface area contributed by atoms with Gasteiger partial charge in [0.15, 0.2) is 5.60 Å². The Bertz CT molecular complexity index is 1960. The first-order chi connectivity index (χ1) is 23.5. The molecule has 48 heavy (non-hydrogen) atoms. The van der Waals surface area contributed by atoms with E-state index in [-0.39, 0.29) is 11.6 Å². The van der Waals surface area contributed by atoms with Crippen molar-refractivity contribution in [3.05, 3.63) is 137 Å². The average molecular weight is 647 g/mol. The van der Waals surface area contributed by atoms with E-state index in [0.717, 1.165) is 62.9 Å². The van der Waals surface area contributed by atoms with E-state index in [1.165, 1.54) is 12.1 Å². The lowest BCUT2D eigenvalue weighted by molar-refractivity contribution is 0.0405. The minimum atomic E-state index is -0.999. The molecule has 1 aliphatic heterocycles. The highest BCUT2D eigenvalue weighted by molar-refractivity contribution is 6.08. The number of hydrogen-bond acceptors (Lipinski definition) is 4. The maximum Gasteiger partial charge on any atom is 0.178 e. The third-order valence-electron chi connectivity index (χ3n) is 10.0. The van der Waals surface area contributed by atoms with Gasteiger partial charge in [-0.2, -0.15) is 0 Å². The molecule has 246 valence electrons. The van der Waals surface area contributed by atoms with Gasteiger partial charge in [-0.3, -0.25) is 0 Å². The molecule has 5 aromatic rings. The summed E-state index contributed by atoms with van der Waals surface area (Å²) >= 11 is 0. The van der Waals surface area contributed by atoms with E-state index in [4.69, 9.17) is 18.9 Å². The molecule has 7 rings (SSSR count). The van der Waals surface area contributed by atoms with Gasteiger partial charge < -0.3 is 18.9 Å². The Kier molecular flexibility index (Phi) is 8.80. The highest BCUT2D eigenvalue weighted by Gasteiger charge is 2.47. The number of halogens is 2. The molecule has 0 radical (unpaired) electrons. The van der Waals surface area contributed by atoms with Crippen LogP contribution in [-0.4, -0.2) is 33.0 Å². The van der Waals surface area contributed by atoms with Crippen molar-refractivity contribution in [2.45, 2.75) is 44.6 Å². The quantitative estimate of drug-likeness (QED) is 0.127. The van der Waals surface area contributed by atoms with Crippen LogP contribution in [0.3, 0.4) is 0 Å². The van der Waals surface area contributed by atoms with Gasteiger partial charge in [-0.25, -0.2) is 8.78 Å². The summed E-state index contributed by atoms with van der Waals surface area (Å²) < 4.78 is 54.1. The molecule has 0 saturated heterocycles. The molecule has 0 spiro atoms. The van der Waals surface area contributed by atoms with Gasteiger partial charge in [-0.05, 0) is 89.9 Å². The highest BCUT2D eigenvalue weighted by Crippen LogP contribution is 2.60. The van der Waals surface area contributed by atoms with E-state index in [1.807, 2.05) is 61.5 Å². The Morgan fingerprint density at radius 1 is 0.688 bits per heavy atom. The zero-order valence-electron chi connectivity index (χ0n) is 27.7. The summed E-state index contributed by atoms with van der Waals surface area (Å²) in [4.78, 5) is 0. The maximum absolute atomic E-state index is 15.1. The molecule has 1 aliphatic carbocycles. The van der Waals surface area contributed by atoms with Crippen LogP contribution >= 0.6 is 0 Å². The summed E-state index contributed by atoms with van der Waals surface area (Å²) in [7, 11) is 0. The summed E-state index contributed by atoms with van der Waals surface area (Å²) in [5.41, 5.74) is 5.47. The van der Waals surface area contributed by atoms with E-state index >= 15 is 4.39 Å². The molecular weight excluding hydrogens is 606 g/mol. The first-order valence-corrected chi connectivity index (χ1v) is 16.9. The van der Waals surface area contributed by atoms with Crippen LogP contribution in [0.4, 0.5) is 8.78 Å². The van der Waals surface area contributed by atoms with Crippen LogP contribution < -0.4 is 9.47 Å². The monoisotopic (exact) mass is 646 g/mol. The average Bonchev–Trinajstić information content (AvgIpc) is 3.41. The van der Waals surface area contributed by atoms with Gasteiger partial charge in [0, 0.05) is 34.1 Å². The van der Waals surface area contributed by atoms with Crippen LogP contribution in [0.5, 0.6) is 11.5 Å². The van der Waals surface area contributed by atoms with E-state index in [1.54, 1.807) is 12.1 Å². The Hall–Kier alpha value is -4.52. The van der Waals surface area contributed by atoms with Crippen LogP contribution in [0.25, 0.3) is 28.0 Å². The molecule has 6 heteroatoms. The third-order valence-corrected chi connectivity index (χ3v) is 10.0. The first kappa shape index (κ1) is 32.0. The van der Waals surface area contributed by atoms with Crippen LogP contribution in [0.15, 0.2) is 97.1 Å². The molecule has 0 bridgehead atoms. The van der Waals surface area contributed by atoms with Crippen LogP contribution in [0.2, 0.25) is 0 Å². The number of ether oxygens (including phenoxy) is 4. The Labute approximate surface area is 280 Å². The zero-order valence-corrected chi connectivity index (χ0v) is 27.7. The predicted octanol–water partition coefficient (Wildman–Crippen LogP) is 9.99. The first-order valence-electron chi connectivity index (χ1n) is 16.9. The van der Waals surface area contributed by atoms with Gasteiger partial charge in [-0.15, -0.1) is 0 Å². The van der Waals surface area contributed by atoms with Crippen molar-refractivity contribution in [1.82, 2.24) is 0 Å². The molecule has 1 heterocycles. The standard InChI is InChI=1S/C42H40F2O4/c1-4-41(5-2)37-27-31(44)15-19-34(37)38-33-18-14-30(43)26-36(33)40-35(39(38)41)20-21-42(48-40,28-10-8-7-9-11-28)29-12-16-32(17-13-29)47-25-24-46-23-22-45-6-3/h7-21,26-27H,4-6,22-25H2,1-3H3. The van der Waals surface area contributed by atoms with Gasteiger partial charge in [0.2, 0.25) is 0 Å². The fraction of sp³-hybridized carbons (Fsp3) is 0.286. The van der Waals surface area contributed by atoms with Crippen molar-refractivity contribution in [3.63, 3.8) is 0 Å². The zero-order chi connectivity index (χ0) is 33.3. The van der Waals surface area contributed by atoms with Gasteiger partial charge >= 0.3 is 0 Å². The highest BCUT2D eigenvalue weighted by atomic mass is 19.1. The Morgan fingerprint density at radius 3 is 2.12 bits per heavy atom. The van der Waals surface area contributed by atoms with E-state index in [2.05, 4.69) is 38.1 Å². The van der Waals surface area contributed by atoms with Gasteiger partial charge in [0.25, 0.3) is 0 Å². The molecule has 5 aromatic carbocycles. The van der Waals surface area contributed by atoms with E-state index in [0.29, 0.717) is 44.2 Å². The second kappa shape index (κ2) is 13.2. The molecule has 1 atom stereocenters. The molecule has 0 amide bonds. The topological polar surface area (TPSA) is 36.9 Å².